The molecule has 0 unspecified atom stereocenters. The smallest absolute Gasteiger partial charge is 0.410 e. The van der Waals surface area contributed by atoms with Gasteiger partial charge in [-0.3, -0.25) is 0 Å². The summed E-state index contributed by atoms with van der Waals surface area (Å²) in [7, 11) is -4.06. The highest BCUT2D eigenvalue weighted by atomic mass is 32.2. The Morgan fingerprint density at radius 1 is 1.05 bits per heavy atom. The summed E-state index contributed by atoms with van der Waals surface area (Å²) in [5, 5.41) is 20.7. The molecule has 13 heteroatoms. The van der Waals surface area contributed by atoms with Crippen molar-refractivity contribution in [3.8, 4) is 29.0 Å². The monoisotopic (exact) mass is 567 g/mol. The van der Waals surface area contributed by atoms with Gasteiger partial charge in [-0.05, 0) is 86.5 Å². The third-order valence-corrected chi connectivity index (χ3v) is 8.02. The predicted molar refractivity (Wildman–Crippen MR) is 146 cm³/mol. The Hall–Kier alpha value is -4.02. The van der Waals surface area contributed by atoms with Crippen LogP contribution in [0.25, 0.3) is 11.4 Å². The molecule has 0 atom stereocenters. The van der Waals surface area contributed by atoms with E-state index >= 15 is 0 Å². The molecule has 40 heavy (non-hydrogen) atoms. The van der Waals surface area contributed by atoms with Gasteiger partial charge in [0.1, 0.15) is 22.0 Å². The molecule has 2 aromatic carbocycles. The standard InChI is InChI=1S/C27H33N7O5S/c1-19-15-20(2)17-22(16-19)38-23-8-7-21(25-29-30-31-34(25)10-6-9-28)18-24(23)40(36,37)33-13-11-32(12-14-33)26(35)39-27(3,4)5/h7-8,15-18H,6,10-14H2,1-5H3. The van der Waals surface area contributed by atoms with Crippen LogP contribution in [-0.4, -0.2) is 75.7 Å². The summed E-state index contributed by atoms with van der Waals surface area (Å²) in [6.45, 7) is 10.0. The van der Waals surface area contributed by atoms with E-state index in [-0.39, 0.29) is 49.8 Å². The lowest BCUT2D eigenvalue weighted by Gasteiger charge is -2.35. The van der Waals surface area contributed by atoms with Gasteiger partial charge < -0.3 is 14.4 Å². The van der Waals surface area contributed by atoms with Gasteiger partial charge in [0.15, 0.2) is 5.82 Å². The Balaban J connectivity index is 1.68. The lowest BCUT2D eigenvalue weighted by atomic mass is 10.1. The Bertz CT molecular complexity index is 1510. The zero-order valence-corrected chi connectivity index (χ0v) is 24.1. The number of sulfonamides is 1. The second-order valence-electron chi connectivity index (χ2n) is 10.6. The van der Waals surface area contributed by atoms with Crippen LogP contribution < -0.4 is 4.74 Å². The third kappa shape index (κ3) is 6.75. The molecule has 12 nitrogen and oxygen atoms in total. The fraction of sp³-hybridized carbons (Fsp3) is 0.444. The number of hydrogen-bond acceptors (Lipinski definition) is 9. The number of rotatable bonds is 7. The molecule has 0 saturated carbocycles. The van der Waals surface area contributed by atoms with E-state index in [2.05, 4.69) is 21.6 Å². The quantitative estimate of drug-likeness (QED) is 0.415. The van der Waals surface area contributed by atoms with Crippen LogP contribution >= 0.6 is 0 Å². The van der Waals surface area contributed by atoms with Gasteiger partial charge in [-0.15, -0.1) is 5.10 Å². The molecule has 1 aromatic heterocycles. The second-order valence-corrected chi connectivity index (χ2v) is 12.5. The number of aryl methyl sites for hydroxylation is 3. The van der Waals surface area contributed by atoms with Gasteiger partial charge in [-0.25, -0.2) is 17.9 Å². The van der Waals surface area contributed by atoms with Crippen molar-refractivity contribution < 1.29 is 22.7 Å². The molecule has 0 aliphatic carbocycles. The molecule has 2 heterocycles. The van der Waals surface area contributed by atoms with Crippen LogP contribution in [0, 0.1) is 25.2 Å². The number of aromatic nitrogens is 4. The van der Waals surface area contributed by atoms with E-state index in [9.17, 15) is 13.2 Å². The van der Waals surface area contributed by atoms with Gasteiger partial charge >= 0.3 is 6.09 Å². The SMILES string of the molecule is Cc1cc(C)cc(Oc2ccc(-c3nnnn3CCC#N)cc2S(=O)(=O)N2CCN(C(=O)OC(C)(C)C)CC2)c1. The Morgan fingerprint density at radius 2 is 1.73 bits per heavy atom. The Morgan fingerprint density at radius 3 is 2.35 bits per heavy atom. The summed E-state index contributed by atoms with van der Waals surface area (Å²) in [4.78, 5) is 14.0. The highest BCUT2D eigenvalue weighted by Gasteiger charge is 2.34. The fourth-order valence-electron chi connectivity index (χ4n) is 4.35. The van der Waals surface area contributed by atoms with Crippen molar-refractivity contribution in [2.24, 2.45) is 0 Å². The van der Waals surface area contributed by atoms with Crippen molar-refractivity contribution in [2.45, 2.75) is 58.1 Å². The predicted octanol–water partition coefficient (Wildman–Crippen LogP) is 3.90. The second kappa shape index (κ2) is 11.6. The molecule has 1 amide bonds. The van der Waals surface area contributed by atoms with Crippen LogP contribution in [0.15, 0.2) is 41.3 Å². The van der Waals surface area contributed by atoms with E-state index in [0.717, 1.165) is 11.1 Å². The fourth-order valence-corrected chi connectivity index (χ4v) is 5.91. The molecule has 212 valence electrons. The maximum absolute atomic E-state index is 14.0. The van der Waals surface area contributed by atoms with E-state index in [1.807, 2.05) is 32.0 Å². The van der Waals surface area contributed by atoms with Crippen molar-refractivity contribution >= 4 is 16.1 Å². The van der Waals surface area contributed by atoms with Crippen molar-refractivity contribution in [2.75, 3.05) is 26.2 Å². The van der Waals surface area contributed by atoms with Crippen LogP contribution in [0.1, 0.15) is 38.3 Å². The average molecular weight is 568 g/mol. The molecule has 3 aromatic rings. The zero-order valence-electron chi connectivity index (χ0n) is 23.3. The Labute approximate surface area is 234 Å². The number of tetrazole rings is 1. The molecule has 0 bridgehead atoms. The van der Waals surface area contributed by atoms with Crippen LogP contribution in [0.2, 0.25) is 0 Å². The first-order chi connectivity index (χ1) is 18.9. The highest BCUT2D eigenvalue weighted by Crippen LogP contribution is 2.35. The minimum Gasteiger partial charge on any atom is -0.456 e. The van der Waals surface area contributed by atoms with Gasteiger partial charge in [-0.2, -0.15) is 9.57 Å². The summed E-state index contributed by atoms with van der Waals surface area (Å²) in [5.74, 6) is 0.995. The number of ether oxygens (including phenoxy) is 2. The highest BCUT2D eigenvalue weighted by molar-refractivity contribution is 7.89. The Kier molecular flexibility index (Phi) is 8.41. The maximum atomic E-state index is 14.0. The number of carbonyl (C=O) groups excluding carboxylic acids is 1. The molecular formula is C27H33N7O5S. The van der Waals surface area contributed by atoms with Crippen molar-refractivity contribution in [1.82, 2.24) is 29.4 Å². The third-order valence-electron chi connectivity index (χ3n) is 6.10. The van der Waals surface area contributed by atoms with Crippen LogP contribution in [0.5, 0.6) is 11.5 Å². The molecule has 1 aliphatic heterocycles. The van der Waals surface area contributed by atoms with E-state index < -0.39 is 21.7 Å². The lowest BCUT2D eigenvalue weighted by molar-refractivity contribution is 0.0192. The average Bonchev–Trinajstić information content (AvgIpc) is 3.34. The van der Waals surface area contributed by atoms with Gasteiger partial charge in [0, 0.05) is 31.7 Å². The number of carbonyl (C=O) groups is 1. The maximum Gasteiger partial charge on any atom is 0.410 e. The summed E-state index contributed by atoms with van der Waals surface area (Å²) in [5.41, 5.74) is 1.77. The molecule has 0 spiro atoms. The van der Waals surface area contributed by atoms with E-state index in [1.165, 1.54) is 20.0 Å². The van der Waals surface area contributed by atoms with Crippen molar-refractivity contribution in [1.29, 1.82) is 5.26 Å². The number of benzene rings is 2. The van der Waals surface area contributed by atoms with E-state index in [0.29, 0.717) is 17.1 Å². The normalized spacial score (nSPS) is 14.6. The van der Waals surface area contributed by atoms with Crippen molar-refractivity contribution in [3.63, 3.8) is 0 Å². The molecule has 0 N–H and O–H groups in total. The minimum absolute atomic E-state index is 0.0512. The van der Waals surface area contributed by atoms with E-state index in [4.69, 9.17) is 14.7 Å². The largest absolute Gasteiger partial charge is 0.456 e. The molecule has 0 radical (unpaired) electrons. The number of piperazine rings is 1. The first-order valence-corrected chi connectivity index (χ1v) is 14.3. The lowest BCUT2D eigenvalue weighted by Crippen LogP contribution is -2.51. The number of nitrogens with zero attached hydrogens (tertiary/aromatic N) is 7. The van der Waals surface area contributed by atoms with Crippen LogP contribution in [0.3, 0.4) is 0 Å². The van der Waals surface area contributed by atoms with Crippen molar-refractivity contribution in [3.05, 3.63) is 47.5 Å². The van der Waals surface area contributed by atoms with Gasteiger partial charge in [0.05, 0.1) is 19.0 Å². The van der Waals surface area contributed by atoms with Gasteiger partial charge in [0.25, 0.3) is 0 Å². The zero-order chi connectivity index (χ0) is 29.1. The molecule has 1 fully saturated rings. The minimum atomic E-state index is -4.06. The first-order valence-electron chi connectivity index (χ1n) is 12.9. The molecule has 1 aliphatic rings. The molecular weight excluding hydrogens is 534 g/mol. The summed E-state index contributed by atoms with van der Waals surface area (Å²) >= 11 is 0. The van der Waals surface area contributed by atoms with E-state index in [1.54, 1.807) is 32.9 Å². The number of nitriles is 1. The number of hydrogen-bond donors (Lipinski definition) is 0. The van der Waals surface area contributed by atoms with Crippen LogP contribution in [0.4, 0.5) is 4.79 Å². The van der Waals surface area contributed by atoms with Crippen LogP contribution in [-0.2, 0) is 21.3 Å². The van der Waals surface area contributed by atoms with Gasteiger partial charge in [0.2, 0.25) is 10.0 Å². The first kappa shape index (κ1) is 29.0. The molecule has 4 rings (SSSR count). The molecule has 1 saturated heterocycles. The summed E-state index contributed by atoms with van der Waals surface area (Å²) in [6.07, 6.45) is -0.284. The summed E-state index contributed by atoms with van der Waals surface area (Å²) < 4.78 is 42.4. The number of amides is 1. The summed E-state index contributed by atoms with van der Waals surface area (Å²) in [6, 6.07) is 12.5. The topological polar surface area (TPSA) is 144 Å². The van der Waals surface area contributed by atoms with Gasteiger partial charge in [-0.1, -0.05) is 6.07 Å².